The number of fused-ring (bicyclic) bond motifs is 3. The molecule has 136 valence electrons. The van der Waals surface area contributed by atoms with Gasteiger partial charge >= 0.3 is 0 Å². The number of rotatable bonds is 2. The van der Waals surface area contributed by atoms with Crippen LogP contribution in [-0.4, -0.2) is 15.2 Å². The normalized spacial score (nSPS) is 12.0. The molecule has 0 atom stereocenters. The maximum absolute atomic E-state index is 9.91. The van der Waals surface area contributed by atoms with Gasteiger partial charge in [0.05, 0.1) is 11.4 Å². The molecule has 0 aliphatic carbocycles. The van der Waals surface area contributed by atoms with E-state index in [1.54, 1.807) is 24.3 Å². The summed E-state index contributed by atoms with van der Waals surface area (Å²) in [5, 5.41) is 19.6. The minimum atomic E-state index is 0.201. The minimum absolute atomic E-state index is 0.201. The molecule has 5 rings (SSSR count). The van der Waals surface area contributed by atoms with Crippen molar-refractivity contribution in [3.8, 4) is 50.9 Å². The van der Waals surface area contributed by atoms with Crippen LogP contribution in [0.3, 0.4) is 0 Å². The number of aromatic nitrogens is 1. The first-order valence-corrected chi connectivity index (χ1v) is 9.04. The second-order valence-corrected chi connectivity index (χ2v) is 6.76. The zero-order chi connectivity index (χ0) is 19.1. The third kappa shape index (κ3) is 2.76. The van der Waals surface area contributed by atoms with Crippen LogP contribution >= 0.6 is 0 Å². The van der Waals surface area contributed by atoms with Gasteiger partial charge in [-0.2, -0.15) is 0 Å². The van der Waals surface area contributed by atoms with Gasteiger partial charge in [-0.3, -0.25) is 0 Å². The molecule has 0 spiro atoms. The van der Waals surface area contributed by atoms with Crippen LogP contribution in [-0.2, 0) is 6.61 Å². The van der Waals surface area contributed by atoms with Crippen molar-refractivity contribution in [2.75, 3.05) is 0 Å². The molecule has 28 heavy (non-hydrogen) atoms. The molecule has 0 fully saturated rings. The van der Waals surface area contributed by atoms with Crippen LogP contribution in [0, 0.1) is 0 Å². The van der Waals surface area contributed by atoms with E-state index in [0.717, 1.165) is 45.0 Å². The summed E-state index contributed by atoms with van der Waals surface area (Å²) >= 11 is 0. The molecular weight excluding hydrogens is 350 g/mol. The number of benzene rings is 3. The van der Waals surface area contributed by atoms with Crippen molar-refractivity contribution >= 4 is 0 Å². The lowest BCUT2D eigenvalue weighted by Crippen LogP contribution is -2.09. The van der Waals surface area contributed by atoms with Crippen molar-refractivity contribution in [3.63, 3.8) is 0 Å². The number of ether oxygens (including phenoxy) is 1. The molecule has 1 aromatic heterocycles. The van der Waals surface area contributed by atoms with Gasteiger partial charge in [0.15, 0.2) is 0 Å². The standard InChI is InChI=1S/C24H17NO3/c26-17-10-8-15(9-11-17)20-13-22(16-4-3-5-18(27)12-16)25-24-19-6-1-2-7-23(19)28-14-21(20)24/h1-13,26-27H,14H2. The molecule has 4 aromatic rings. The van der Waals surface area contributed by atoms with Crippen LogP contribution in [0.25, 0.3) is 33.6 Å². The van der Waals surface area contributed by atoms with Crippen LogP contribution in [0.15, 0.2) is 78.9 Å². The first-order valence-electron chi connectivity index (χ1n) is 9.04. The first-order chi connectivity index (χ1) is 13.7. The molecule has 0 saturated carbocycles. The van der Waals surface area contributed by atoms with Gasteiger partial charge in [0.25, 0.3) is 0 Å². The SMILES string of the molecule is Oc1ccc(-c2cc(-c3cccc(O)c3)nc3c2COc2ccccc2-3)cc1. The summed E-state index contributed by atoms with van der Waals surface area (Å²) in [6.07, 6.45) is 0. The van der Waals surface area contributed by atoms with E-state index in [2.05, 4.69) is 0 Å². The molecule has 4 heteroatoms. The van der Waals surface area contributed by atoms with Crippen LogP contribution in [0.2, 0.25) is 0 Å². The highest BCUT2D eigenvalue weighted by Crippen LogP contribution is 2.42. The maximum atomic E-state index is 9.91. The highest BCUT2D eigenvalue weighted by Gasteiger charge is 2.23. The number of phenolic OH excluding ortho intramolecular Hbond substituents is 2. The van der Waals surface area contributed by atoms with E-state index in [0.29, 0.717) is 6.61 Å². The fraction of sp³-hybridized carbons (Fsp3) is 0.0417. The lowest BCUT2D eigenvalue weighted by molar-refractivity contribution is 0.302. The average Bonchev–Trinajstić information content (AvgIpc) is 2.73. The predicted octanol–water partition coefficient (Wildman–Crippen LogP) is 5.39. The Balaban J connectivity index is 1.79. The Morgan fingerprint density at radius 3 is 2.36 bits per heavy atom. The molecule has 0 unspecified atom stereocenters. The quantitative estimate of drug-likeness (QED) is 0.499. The van der Waals surface area contributed by atoms with Gasteiger partial charge in [0, 0.05) is 16.7 Å². The summed E-state index contributed by atoms with van der Waals surface area (Å²) in [5.74, 6) is 1.24. The van der Waals surface area contributed by atoms with Gasteiger partial charge in [-0.15, -0.1) is 0 Å². The molecule has 4 nitrogen and oxygen atoms in total. The van der Waals surface area contributed by atoms with Crippen LogP contribution in [0.1, 0.15) is 5.56 Å². The van der Waals surface area contributed by atoms with E-state index in [1.165, 1.54) is 0 Å². The zero-order valence-electron chi connectivity index (χ0n) is 15.0. The third-order valence-corrected chi connectivity index (χ3v) is 4.96. The Morgan fingerprint density at radius 2 is 1.54 bits per heavy atom. The Hall–Kier alpha value is -3.79. The Kier molecular flexibility index (Phi) is 3.76. The number of nitrogens with zero attached hydrogens (tertiary/aromatic N) is 1. The Bertz CT molecular complexity index is 1180. The number of pyridine rings is 1. The summed E-state index contributed by atoms with van der Waals surface area (Å²) in [6.45, 7) is 0.426. The molecular formula is C24H17NO3. The van der Waals surface area contributed by atoms with Gasteiger partial charge in [-0.25, -0.2) is 4.98 Å². The van der Waals surface area contributed by atoms with Crippen molar-refractivity contribution in [3.05, 3.63) is 84.4 Å². The molecule has 1 aliphatic heterocycles. The second-order valence-electron chi connectivity index (χ2n) is 6.76. The smallest absolute Gasteiger partial charge is 0.129 e. The Labute approximate surface area is 162 Å². The minimum Gasteiger partial charge on any atom is -0.508 e. The van der Waals surface area contributed by atoms with Gasteiger partial charge in [-0.1, -0.05) is 36.4 Å². The van der Waals surface area contributed by atoms with Crippen molar-refractivity contribution in [2.45, 2.75) is 6.61 Å². The topological polar surface area (TPSA) is 62.6 Å². The number of phenols is 2. The second kappa shape index (κ2) is 6.43. The molecule has 3 aromatic carbocycles. The average molecular weight is 367 g/mol. The highest BCUT2D eigenvalue weighted by molar-refractivity contribution is 5.84. The molecule has 0 bridgehead atoms. The van der Waals surface area contributed by atoms with E-state index < -0.39 is 0 Å². The fourth-order valence-corrected chi connectivity index (χ4v) is 3.59. The van der Waals surface area contributed by atoms with Gasteiger partial charge < -0.3 is 14.9 Å². The number of hydrogen-bond acceptors (Lipinski definition) is 4. The van der Waals surface area contributed by atoms with Crippen LogP contribution in [0.5, 0.6) is 17.2 Å². The molecule has 1 aliphatic rings. The monoisotopic (exact) mass is 367 g/mol. The fourth-order valence-electron chi connectivity index (χ4n) is 3.59. The van der Waals surface area contributed by atoms with E-state index in [1.807, 2.05) is 54.6 Å². The summed E-state index contributed by atoms with van der Waals surface area (Å²) in [5.41, 5.74) is 6.42. The van der Waals surface area contributed by atoms with Crippen molar-refractivity contribution in [1.29, 1.82) is 0 Å². The third-order valence-electron chi connectivity index (χ3n) is 4.96. The zero-order valence-corrected chi connectivity index (χ0v) is 15.0. The maximum Gasteiger partial charge on any atom is 0.129 e. The van der Waals surface area contributed by atoms with Crippen LogP contribution in [0.4, 0.5) is 0 Å². The molecule has 0 amide bonds. The van der Waals surface area contributed by atoms with Gasteiger partial charge in [-0.05, 0) is 53.6 Å². The van der Waals surface area contributed by atoms with E-state index in [9.17, 15) is 10.2 Å². The predicted molar refractivity (Wildman–Crippen MR) is 108 cm³/mol. The van der Waals surface area contributed by atoms with E-state index in [-0.39, 0.29) is 11.5 Å². The summed E-state index contributed by atoms with van der Waals surface area (Å²) in [7, 11) is 0. The molecule has 2 N–H and O–H groups in total. The van der Waals surface area contributed by atoms with E-state index >= 15 is 0 Å². The number of hydrogen-bond donors (Lipinski definition) is 2. The Morgan fingerprint density at radius 1 is 0.714 bits per heavy atom. The number of aromatic hydroxyl groups is 2. The van der Waals surface area contributed by atoms with E-state index in [4.69, 9.17) is 9.72 Å². The first kappa shape index (κ1) is 16.4. The van der Waals surface area contributed by atoms with Crippen molar-refractivity contribution in [2.24, 2.45) is 0 Å². The molecule has 0 radical (unpaired) electrons. The largest absolute Gasteiger partial charge is 0.508 e. The van der Waals surface area contributed by atoms with Gasteiger partial charge in [0.1, 0.15) is 23.9 Å². The summed E-state index contributed by atoms with van der Waals surface area (Å²) in [6, 6.07) is 24.1. The van der Waals surface area contributed by atoms with Crippen molar-refractivity contribution < 1.29 is 14.9 Å². The number of para-hydroxylation sites is 1. The lowest BCUT2D eigenvalue weighted by Gasteiger charge is -2.23. The lowest BCUT2D eigenvalue weighted by atomic mass is 9.92. The van der Waals surface area contributed by atoms with Crippen molar-refractivity contribution in [1.82, 2.24) is 4.98 Å². The summed E-state index contributed by atoms with van der Waals surface area (Å²) in [4.78, 5) is 4.93. The van der Waals surface area contributed by atoms with Gasteiger partial charge in [0.2, 0.25) is 0 Å². The highest BCUT2D eigenvalue weighted by atomic mass is 16.5. The molecule has 2 heterocycles. The molecule has 0 saturated heterocycles. The van der Waals surface area contributed by atoms with Crippen LogP contribution < -0.4 is 4.74 Å². The summed E-state index contributed by atoms with van der Waals surface area (Å²) < 4.78 is 5.97.